The molecule has 5 heteroatoms. The monoisotopic (exact) mass is 283 g/mol. The van der Waals surface area contributed by atoms with E-state index >= 15 is 0 Å². The Labute approximate surface area is 121 Å². The number of aromatic nitrogens is 3. The maximum atomic E-state index is 12.7. The summed E-state index contributed by atoms with van der Waals surface area (Å²) in [6.45, 7) is 6.23. The van der Waals surface area contributed by atoms with Crippen molar-refractivity contribution < 1.29 is 0 Å². The zero-order chi connectivity index (χ0) is 15.1. The fraction of sp³-hybridized carbons (Fsp3) is 0.250. The number of H-pyrrole nitrogens is 1. The second kappa shape index (κ2) is 4.77. The number of pyridine rings is 1. The van der Waals surface area contributed by atoms with Gasteiger partial charge in [0.05, 0.1) is 16.6 Å². The molecule has 0 aliphatic rings. The highest BCUT2D eigenvalue weighted by Crippen LogP contribution is 2.14. The molecule has 3 aromatic rings. The second-order valence-electron chi connectivity index (χ2n) is 5.19. The molecule has 21 heavy (non-hydrogen) atoms. The summed E-state index contributed by atoms with van der Waals surface area (Å²) >= 11 is 0. The third kappa shape index (κ3) is 2.01. The van der Waals surface area contributed by atoms with Gasteiger partial charge in [-0.25, -0.2) is 4.68 Å². The van der Waals surface area contributed by atoms with Crippen molar-refractivity contribution in [1.29, 1.82) is 0 Å². The number of hydrogen-bond acceptors (Lipinski definition) is 2. The maximum Gasteiger partial charge on any atom is 0.280 e. The van der Waals surface area contributed by atoms with Gasteiger partial charge in [0.2, 0.25) is 0 Å². The summed E-state index contributed by atoms with van der Waals surface area (Å²) in [6.07, 6.45) is 0. The van der Waals surface area contributed by atoms with Crippen LogP contribution in [0.3, 0.4) is 0 Å². The number of nitrogens with zero attached hydrogens (tertiary/aromatic N) is 2. The van der Waals surface area contributed by atoms with Crippen LogP contribution in [-0.2, 0) is 6.54 Å². The van der Waals surface area contributed by atoms with Gasteiger partial charge in [0.25, 0.3) is 11.1 Å². The molecule has 1 N–H and O–H groups in total. The highest BCUT2D eigenvalue weighted by Gasteiger charge is 2.14. The van der Waals surface area contributed by atoms with Gasteiger partial charge in [0.15, 0.2) is 0 Å². The molecule has 0 atom stereocenters. The van der Waals surface area contributed by atoms with Crippen molar-refractivity contribution in [1.82, 2.24) is 14.3 Å². The van der Waals surface area contributed by atoms with Crippen LogP contribution < -0.4 is 11.1 Å². The SMILES string of the molecule is CCn1c(C)c2c(=O)n(-c3cccc(C)c3)[nH]c2cc1=O. The largest absolute Gasteiger partial charge is 0.312 e. The first-order valence-corrected chi connectivity index (χ1v) is 6.95. The van der Waals surface area contributed by atoms with Crippen LogP contribution in [0.25, 0.3) is 16.6 Å². The summed E-state index contributed by atoms with van der Waals surface area (Å²) in [5, 5.41) is 3.60. The highest BCUT2D eigenvalue weighted by molar-refractivity contribution is 5.80. The van der Waals surface area contributed by atoms with E-state index in [1.54, 1.807) is 4.57 Å². The molecule has 0 unspecified atom stereocenters. The predicted molar refractivity (Wildman–Crippen MR) is 83.3 cm³/mol. The van der Waals surface area contributed by atoms with Gasteiger partial charge >= 0.3 is 0 Å². The van der Waals surface area contributed by atoms with Crippen LogP contribution >= 0.6 is 0 Å². The Hall–Kier alpha value is -2.56. The Morgan fingerprint density at radius 2 is 1.90 bits per heavy atom. The summed E-state index contributed by atoms with van der Waals surface area (Å²) in [5.74, 6) is 0. The fourth-order valence-electron chi connectivity index (χ4n) is 2.75. The van der Waals surface area contributed by atoms with Crippen molar-refractivity contribution >= 4 is 10.9 Å². The van der Waals surface area contributed by atoms with E-state index in [0.29, 0.717) is 23.1 Å². The van der Waals surface area contributed by atoms with Gasteiger partial charge in [-0.3, -0.25) is 14.7 Å². The van der Waals surface area contributed by atoms with Crippen LogP contribution in [0, 0.1) is 13.8 Å². The molecule has 0 aliphatic heterocycles. The predicted octanol–water partition coefficient (Wildman–Crippen LogP) is 2.12. The third-order valence-corrected chi connectivity index (χ3v) is 3.80. The minimum Gasteiger partial charge on any atom is -0.312 e. The van der Waals surface area contributed by atoms with E-state index in [9.17, 15) is 9.59 Å². The molecule has 0 spiro atoms. The molecule has 2 heterocycles. The molecule has 5 nitrogen and oxygen atoms in total. The average molecular weight is 283 g/mol. The van der Waals surface area contributed by atoms with Crippen LogP contribution in [0.5, 0.6) is 0 Å². The number of nitrogens with one attached hydrogen (secondary N) is 1. The molecule has 0 bridgehead atoms. The molecular formula is C16H17N3O2. The molecule has 2 aromatic heterocycles. The summed E-state index contributed by atoms with van der Waals surface area (Å²) in [5.41, 5.74) is 2.89. The summed E-state index contributed by atoms with van der Waals surface area (Å²) in [4.78, 5) is 24.7. The van der Waals surface area contributed by atoms with Crippen LogP contribution in [0.1, 0.15) is 18.2 Å². The number of fused-ring (bicyclic) bond motifs is 1. The Morgan fingerprint density at radius 1 is 1.14 bits per heavy atom. The van der Waals surface area contributed by atoms with E-state index in [-0.39, 0.29) is 11.1 Å². The van der Waals surface area contributed by atoms with Gasteiger partial charge in [0.1, 0.15) is 0 Å². The fourth-order valence-corrected chi connectivity index (χ4v) is 2.75. The first kappa shape index (κ1) is 13.4. The van der Waals surface area contributed by atoms with Crippen molar-refractivity contribution in [2.75, 3.05) is 0 Å². The Morgan fingerprint density at radius 3 is 2.57 bits per heavy atom. The van der Waals surface area contributed by atoms with Gasteiger partial charge in [-0.15, -0.1) is 0 Å². The smallest absolute Gasteiger partial charge is 0.280 e. The van der Waals surface area contributed by atoms with E-state index in [4.69, 9.17) is 0 Å². The van der Waals surface area contributed by atoms with Crippen molar-refractivity contribution in [2.24, 2.45) is 0 Å². The molecule has 0 saturated carbocycles. The molecule has 0 amide bonds. The molecule has 0 fully saturated rings. The molecule has 0 saturated heterocycles. The first-order chi connectivity index (χ1) is 10.0. The van der Waals surface area contributed by atoms with Gasteiger partial charge in [-0.1, -0.05) is 12.1 Å². The Balaban J connectivity index is 2.38. The van der Waals surface area contributed by atoms with E-state index in [2.05, 4.69) is 5.10 Å². The lowest BCUT2D eigenvalue weighted by atomic mass is 10.2. The van der Waals surface area contributed by atoms with E-state index in [1.807, 2.05) is 45.0 Å². The Bertz CT molecular complexity index is 944. The van der Waals surface area contributed by atoms with Gasteiger partial charge in [0, 0.05) is 18.3 Å². The number of aryl methyl sites for hydroxylation is 2. The minimum absolute atomic E-state index is 0.0971. The highest BCUT2D eigenvalue weighted by atomic mass is 16.1. The third-order valence-electron chi connectivity index (χ3n) is 3.80. The normalized spacial score (nSPS) is 11.2. The summed E-state index contributed by atoms with van der Waals surface area (Å²) in [7, 11) is 0. The summed E-state index contributed by atoms with van der Waals surface area (Å²) in [6, 6.07) is 9.16. The van der Waals surface area contributed by atoms with Gasteiger partial charge < -0.3 is 4.57 Å². The number of hydrogen-bond donors (Lipinski definition) is 1. The quantitative estimate of drug-likeness (QED) is 0.783. The zero-order valence-electron chi connectivity index (χ0n) is 12.3. The first-order valence-electron chi connectivity index (χ1n) is 6.95. The molecule has 0 radical (unpaired) electrons. The number of aromatic amines is 1. The second-order valence-corrected chi connectivity index (χ2v) is 5.19. The standard InChI is InChI=1S/C16H17N3O2/c1-4-18-11(3)15-13(9-14(18)20)17-19(16(15)21)12-7-5-6-10(2)8-12/h5-9,17H,4H2,1-3H3. The van der Waals surface area contributed by atoms with E-state index in [1.165, 1.54) is 10.7 Å². The van der Waals surface area contributed by atoms with Crippen LogP contribution in [0.15, 0.2) is 39.9 Å². The molecule has 1 aromatic carbocycles. The minimum atomic E-state index is -0.129. The topological polar surface area (TPSA) is 59.8 Å². The molecule has 0 aliphatic carbocycles. The number of benzene rings is 1. The average Bonchev–Trinajstić information content (AvgIpc) is 2.76. The van der Waals surface area contributed by atoms with Crippen LogP contribution in [-0.4, -0.2) is 14.3 Å². The lowest BCUT2D eigenvalue weighted by Crippen LogP contribution is -2.22. The van der Waals surface area contributed by atoms with Crippen molar-refractivity contribution in [2.45, 2.75) is 27.3 Å². The number of rotatable bonds is 2. The lowest BCUT2D eigenvalue weighted by Gasteiger charge is -2.05. The summed E-state index contributed by atoms with van der Waals surface area (Å²) < 4.78 is 3.10. The van der Waals surface area contributed by atoms with Gasteiger partial charge in [-0.2, -0.15) is 0 Å². The molecule has 108 valence electrons. The van der Waals surface area contributed by atoms with E-state index < -0.39 is 0 Å². The van der Waals surface area contributed by atoms with Crippen molar-refractivity contribution in [3.8, 4) is 5.69 Å². The molecular weight excluding hydrogens is 266 g/mol. The molecule has 3 rings (SSSR count). The van der Waals surface area contributed by atoms with Crippen molar-refractivity contribution in [3.05, 3.63) is 62.3 Å². The van der Waals surface area contributed by atoms with Crippen molar-refractivity contribution in [3.63, 3.8) is 0 Å². The van der Waals surface area contributed by atoms with E-state index in [0.717, 1.165) is 11.3 Å². The Kier molecular flexibility index (Phi) is 3.05. The zero-order valence-corrected chi connectivity index (χ0v) is 12.3. The van der Waals surface area contributed by atoms with Crippen LogP contribution in [0.2, 0.25) is 0 Å². The lowest BCUT2D eigenvalue weighted by molar-refractivity contribution is 0.708. The van der Waals surface area contributed by atoms with Crippen LogP contribution in [0.4, 0.5) is 0 Å². The maximum absolute atomic E-state index is 12.7. The van der Waals surface area contributed by atoms with Gasteiger partial charge in [-0.05, 0) is 38.5 Å².